The minimum atomic E-state index is 0.498. The topological polar surface area (TPSA) is 76.4 Å². The van der Waals surface area contributed by atoms with Crippen LogP contribution in [-0.4, -0.2) is 40.5 Å². The van der Waals surface area contributed by atoms with Crippen LogP contribution in [0.25, 0.3) is 0 Å². The lowest BCUT2D eigenvalue weighted by atomic mass is 10.1. The molecule has 1 unspecified atom stereocenters. The number of hydrogen-bond acceptors (Lipinski definition) is 5. The Morgan fingerprint density at radius 1 is 1.46 bits per heavy atom. The summed E-state index contributed by atoms with van der Waals surface area (Å²) in [5.41, 5.74) is 0. The van der Waals surface area contributed by atoms with Crippen LogP contribution >= 0.6 is 11.3 Å². The lowest BCUT2D eigenvalue weighted by Crippen LogP contribution is -2.39. The second-order valence-corrected chi connectivity index (χ2v) is 6.96. The van der Waals surface area contributed by atoms with Gasteiger partial charge < -0.3 is 19.9 Å². The fourth-order valence-corrected chi connectivity index (χ4v) is 3.13. The summed E-state index contributed by atoms with van der Waals surface area (Å²) in [5, 5.41) is 17.1. The molecule has 1 saturated heterocycles. The van der Waals surface area contributed by atoms with Crippen molar-refractivity contribution in [3.8, 4) is 0 Å². The summed E-state index contributed by atoms with van der Waals surface area (Å²) >= 11 is 1.74. The van der Waals surface area contributed by atoms with E-state index in [1.165, 1.54) is 4.88 Å². The lowest BCUT2D eigenvalue weighted by molar-refractivity contribution is 0.186. The van der Waals surface area contributed by atoms with Gasteiger partial charge in [0.15, 0.2) is 11.8 Å². The summed E-state index contributed by atoms with van der Waals surface area (Å²) in [6.45, 7) is 5.76. The van der Waals surface area contributed by atoms with Crippen molar-refractivity contribution in [1.82, 2.24) is 25.4 Å². The van der Waals surface area contributed by atoms with Gasteiger partial charge in [0.25, 0.3) is 0 Å². The normalized spacial score (nSPS) is 18.1. The highest BCUT2D eigenvalue weighted by molar-refractivity contribution is 7.09. The molecule has 2 N–H and O–H groups in total. The monoisotopic (exact) mass is 348 g/mol. The number of thiophene rings is 1. The van der Waals surface area contributed by atoms with Crippen molar-refractivity contribution in [3.63, 3.8) is 0 Å². The maximum atomic E-state index is 5.44. The number of nitrogens with one attached hydrogen (secondary N) is 2. The second-order valence-electron chi connectivity index (χ2n) is 5.93. The van der Waals surface area contributed by atoms with E-state index >= 15 is 0 Å². The zero-order valence-corrected chi connectivity index (χ0v) is 15.0. The van der Waals surface area contributed by atoms with Gasteiger partial charge in [0, 0.05) is 31.0 Å². The highest BCUT2D eigenvalue weighted by atomic mass is 32.1. The highest BCUT2D eigenvalue weighted by Gasteiger charge is 2.16. The van der Waals surface area contributed by atoms with Gasteiger partial charge in [-0.1, -0.05) is 6.07 Å². The van der Waals surface area contributed by atoms with Gasteiger partial charge in [-0.05, 0) is 24.8 Å². The summed E-state index contributed by atoms with van der Waals surface area (Å²) in [6, 6.07) is 4.18. The first-order chi connectivity index (χ1) is 11.7. The van der Waals surface area contributed by atoms with Gasteiger partial charge in [0.1, 0.15) is 12.4 Å². The van der Waals surface area contributed by atoms with Gasteiger partial charge in [0.05, 0.1) is 13.2 Å². The summed E-state index contributed by atoms with van der Waals surface area (Å²) in [5.74, 6) is 3.10. The zero-order chi connectivity index (χ0) is 16.8. The number of hydrogen-bond donors (Lipinski definition) is 2. The third-order valence-corrected chi connectivity index (χ3v) is 5.03. The van der Waals surface area contributed by atoms with Gasteiger partial charge in [-0.2, -0.15) is 0 Å². The Morgan fingerprint density at radius 3 is 3.04 bits per heavy atom. The molecule has 2 aromatic rings. The number of rotatable bonds is 6. The molecule has 0 aliphatic carbocycles. The standard InChI is InChI=1S/C16H24N6OS/c1-12-20-21-15(22(12)2)10-19-16(17-8-13-5-6-23-11-13)18-9-14-4-3-7-24-14/h3-4,7,13H,5-6,8-11H2,1-2H3,(H2,17,18,19). The molecule has 0 spiro atoms. The SMILES string of the molecule is Cc1nnc(CN=C(NCc2cccs2)NCC2CCOC2)n1C. The first-order valence-electron chi connectivity index (χ1n) is 8.19. The first-order valence-corrected chi connectivity index (χ1v) is 9.07. The van der Waals surface area contributed by atoms with Gasteiger partial charge in [-0.3, -0.25) is 0 Å². The predicted molar refractivity (Wildman–Crippen MR) is 95.0 cm³/mol. The van der Waals surface area contributed by atoms with Crippen LogP contribution in [-0.2, 0) is 24.9 Å². The van der Waals surface area contributed by atoms with E-state index in [1.807, 2.05) is 18.5 Å². The van der Waals surface area contributed by atoms with Gasteiger partial charge in [-0.15, -0.1) is 21.5 Å². The van der Waals surface area contributed by atoms with E-state index < -0.39 is 0 Å². The highest BCUT2D eigenvalue weighted by Crippen LogP contribution is 2.11. The van der Waals surface area contributed by atoms with E-state index in [2.05, 4.69) is 43.3 Å². The van der Waals surface area contributed by atoms with Crippen LogP contribution in [0.5, 0.6) is 0 Å². The van der Waals surface area contributed by atoms with Crippen LogP contribution in [0.4, 0.5) is 0 Å². The molecule has 1 aliphatic rings. The molecule has 3 heterocycles. The van der Waals surface area contributed by atoms with Crippen LogP contribution in [0.3, 0.4) is 0 Å². The Labute approximate surface area is 146 Å². The molecule has 1 aliphatic heterocycles. The minimum Gasteiger partial charge on any atom is -0.381 e. The number of nitrogens with zero attached hydrogens (tertiary/aromatic N) is 4. The van der Waals surface area contributed by atoms with E-state index in [0.717, 1.165) is 50.3 Å². The van der Waals surface area contributed by atoms with Gasteiger partial charge >= 0.3 is 0 Å². The number of aryl methyl sites for hydroxylation is 1. The van der Waals surface area contributed by atoms with Crippen molar-refractivity contribution >= 4 is 17.3 Å². The molecule has 0 aromatic carbocycles. The van der Waals surface area contributed by atoms with E-state index in [0.29, 0.717) is 12.5 Å². The maximum absolute atomic E-state index is 5.44. The van der Waals surface area contributed by atoms with Gasteiger partial charge in [0.2, 0.25) is 0 Å². The van der Waals surface area contributed by atoms with E-state index in [1.54, 1.807) is 11.3 Å². The summed E-state index contributed by atoms with van der Waals surface area (Å²) in [4.78, 5) is 5.94. The number of ether oxygens (including phenoxy) is 1. The lowest BCUT2D eigenvalue weighted by Gasteiger charge is -2.14. The average Bonchev–Trinajstić information content (AvgIpc) is 3.33. The smallest absolute Gasteiger partial charge is 0.192 e. The van der Waals surface area contributed by atoms with Crippen LogP contribution in [0, 0.1) is 12.8 Å². The van der Waals surface area contributed by atoms with Crippen LogP contribution < -0.4 is 10.6 Å². The Kier molecular flexibility index (Phi) is 5.81. The Morgan fingerprint density at radius 2 is 2.38 bits per heavy atom. The zero-order valence-electron chi connectivity index (χ0n) is 14.2. The van der Waals surface area contributed by atoms with Crippen molar-refractivity contribution < 1.29 is 4.74 Å². The second kappa shape index (κ2) is 8.25. The molecule has 3 rings (SSSR count). The molecule has 1 fully saturated rings. The molecule has 7 nitrogen and oxygen atoms in total. The number of guanidine groups is 1. The predicted octanol–water partition coefficient (Wildman–Crippen LogP) is 1.46. The van der Waals surface area contributed by atoms with Crippen molar-refractivity contribution in [2.75, 3.05) is 19.8 Å². The summed E-state index contributed by atoms with van der Waals surface area (Å²) in [6.07, 6.45) is 1.10. The van der Waals surface area contributed by atoms with E-state index in [9.17, 15) is 0 Å². The molecule has 0 amide bonds. The molecule has 0 radical (unpaired) electrons. The van der Waals surface area contributed by atoms with Crippen molar-refractivity contribution in [3.05, 3.63) is 34.0 Å². The fraction of sp³-hybridized carbons (Fsp3) is 0.562. The molecule has 24 heavy (non-hydrogen) atoms. The molecule has 130 valence electrons. The Bertz CT molecular complexity index is 660. The van der Waals surface area contributed by atoms with Crippen molar-refractivity contribution in [2.45, 2.75) is 26.4 Å². The number of aromatic nitrogens is 3. The van der Waals surface area contributed by atoms with Crippen molar-refractivity contribution in [1.29, 1.82) is 0 Å². The third-order valence-electron chi connectivity index (χ3n) is 4.15. The third kappa shape index (κ3) is 4.55. The molecular formula is C16H24N6OS. The Hall–Kier alpha value is -1.93. The number of aliphatic imine (C=N–C) groups is 1. The largest absolute Gasteiger partial charge is 0.381 e. The molecule has 2 aromatic heterocycles. The van der Waals surface area contributed by atoms with E-state index in [4.69, 9.17) is 4.74 Å². The summed E-state index contributed by atoms with van der Waals surface area (Å²) < 4.78 is 7.40. The van der Waals surface area contributed by atoms with Crippen LogP contribution in [0.2, 0.25) is 0 Å². The summed E-state index contributed by atoms with van der Waals surface area (Å²) in [7, 11) is 1.96. The van der Waals surface area contributed by atoms with Crippen molar-refractivity contribution in [2.24, 2.45) is 18.0 Å². The molecule has 1 atom stereocenters. The quantitative estimate of drug-likeness (QED) is 0.610. The molecule has 8 heteroatoms. The molecule has 0 bridgehead atoms. The van der Waals surface area contributed by atoms with Crippen LogP contribution in [0.1, 0.15) is 22.9 Å². The molecule has 0 saturated carbocycles. The van der Waals surface area contributed by atoms with Gasteiger partial charge in [-0.25, -0.2) is 4.99 Å². The van der Waals surface area contributed by atoms with E-state index in [-0.39, 0.29) is 0 Å². The van der Waals surface area contributed by atoms with Crippen LogP contribution in [0.15, 0.2) is 22.5 Å². The minimum absolute atomic E-state index is 0.498. The Balaban J connectivity index is 1.60. The first kappa shape index (κ1) is 16.9. The molecular weight excluding hydrogens is 324 g/mol. The average molecular weight is 348 g/mol. The maximum Gasteiger partial charge on any atom is 0.192 e. The fourth-order valence-electron chi connectivity index (χ4n) is 2.48.